The second kappa shape index (κ2) is 15.3. The van der Waals surface area contributed by atoms with Gasteiger partial charge in [0.05, 0.1) is 12.5 Å². The molecule has 2 atom stereocenters. The van der Waals surface area contributed by atoms with Gasteiger partial charge >= 0.3 is 5.97 Å². The number of nitrogens with one attached hydrogen (secondary N) is 2. The number of fused-ring (bicyclic) bond motifs is 1. The van der Waals surface area contributed by atoms with Gasteiger partial charge in [0, 0.05) is 32.4 Å². The SMILES string of the molecule is CO[C@H](CF)CN(CCCCc1ccc2c(n1)NCCC2)CC[C@H](NC(=O)Cc1ccccc1F)C(=O)O. The second-order valence-corrected chi connectivity index (χ2v) is 9.63. The number of aliphatic carboxylic acids is 1. The van der Waals surface area contributed by atoms with Gasteiger partial charge in [-0.2, -0.15) is 0 Å². The zero-order valence-electron chi connectivity index (χ0n) is 21.9. The summed E-state index contributed by atoms with van der Waals surface area (Å²) in [5, 5.41) is 15.5. The molecule has 0 fully saturated rings. The second-order valence-electron chi connectivity index (χ2n) is 9.63. The zero-order valence-corrected chi connectivity index (χ0v) is 21.9. The average Bonchev–Trinajstić information content (AvgIpc) is 2.92. The molecule has 0 unspecified atom stereocenters. The summed E-state index contributed by atoms with van der Waals surface area (Å²) in [6, 6.07) is 8.94. The molecule has 0 saturated heterocycles. The molecule has 1 aliphatic heterocycles. The molecule has 0 aliphatic carbocycles. The van der Waals surface area contributed by atoms with Crippen molar-refractivity contribution in [3.05, 3.63) is 59.0 Å². The maximum Gasteiger partial charge on any atom is 0.326 e. The summed E-state index contributed by atoms with van der Waals surface area (Å²) in [4.78, 5) is 30.9. The van der Waals surface area contributed by atoms with Crippen LogP contribution >= 0.6 is 0 Å². The number of carbonyl (C=O) groups excluding carboxylic acids is 1. The Labute approximate surface area is 222 Å². The van der Waals surface area contributed by atoms with E-state index in [0.29, 0.717) is 19.6 Å². The summed E-state index contributed by atoms with van der Waals surface area (Å²) in [5.74, 6) is -1.29. The van der Waals surface area contributed by atoms with Gasteiger partial charge in [0.1, 0.15) is 24.4 Å². The van der Waals surface area contributed by atoms with Gasteiger partial charge in [0.2, 0.25) is 5.91 Å². The van der Waals surface area contributed by atoms with Gasteiger partial charge in [0.15, 0.2) is 0 Å². The number of hydrogen-bond donors (Lipinski definition) is 3. The van der Waals surface area contributed by atoms with Crippen molar-refractivity contribution in [3.63, 3.8) is 0 Å². The Balaban J connectivity index is 1.51. The largest absolute Gasteiger partial charge is 0.480 e. The molecule has 0 bridgehead atoms. The number of alkyl halides is 1. The summed E-state index contributed by atoms with van der Waals surface area (Å²) in [7, 11) is 1.45. The van der Waals surface area contributed by atoms with Crippen molar-refractivity contribution >= 4 is 17.7 Å². The fourth-order valence-corrected chi connectivity index (χ4v) is 4.55. The van der Waals surface area contributed by atoms with Crippen LogP contribution in [0.3, 0.4) is 0 Å². The van der Waals surface area contributed by atoms with Crippen LogP contribution in [0, 0.1) is 5.82 Å². The molecule has 0 spiro atoms. The third kappa shape index (κ3) is 9.33. The van der Waals surface area contributed by atoms with Crippen molar-refractivity contribution in [3.8, 4) is 0 Å². The van der Waals surface area contributed by atoms with Gasteiger partial charge in [-0.05, 0) is 68.3 Å². The Hall–Kier alpha value is -3.11. The number of amides is 1. The highest BCUT2D eigenvalue weighted by Crippen LogP contribution is 2.20. The number of methoxy groups -OCH3 is 1. The minimum atomic E-state index is -1.17. The summed E-state index contributed by atoms with van der Waals surface area (Å²) >= 11 is 0. The Morgan fingerprint density at radius 2 is 2.03 bits per heavy atom. The van der Waals surface area contributed by atoms with Crippen molar-refractivity contribution in [2.24, 2.45) is 0 Å². The Morgan fingerprint density at radius 3 is 2.76 bits per heavy atom. The van der Waals surface area contributed by atoms with E-state index in [-0.39, 0.29) is 18.4 Å². The minimum Gasteiger partial charge on any atom is -0.480 e. The van der Waals surface area contributed by atoms with Gasteiger partial charge in [-0.25, -0.2) is 18.6 Å². The number of halogens is 2. The van der Waals surface area contributed by atoms with Crippen molar-refractivity contribution < 1.29 is 28.2 Å². The molecule has 3 rings (SSSR count). The molecular formula is C28H38F2N4O4. The monoisotopic (exact) mass is 532 g/mol. The number of anilines is 1. The molecule has 10 heteroatoms. The van der Waals surface area contributed by atoms with Crippen LogP contribution in [-0.2, 0) is 33.6 Å². The summed E-state index contributed by atoms with van der Waals surface area (Å²) < 4.78 is 32.4. The van der Waals surface area contributed by atoms with Crippen LogP contribution in [0.4, 0.5) is 14.6 Å². The molecule has 8 nitrogen and oxygen atoms in total. The summed E-state index contributed by atoms with van der Waals surface area (Å²) in [5.41, 5.74) is 2.47. The van der Waals surface area contributed by atoms with Crippen molar-refractivity contribution in [1.82, 2.24) is 15.2 Å². The maximum atomic E-state index is 13.9. The van der Waals surface area contributed by atoms with Crippen molar-refractivity contribution in [1.29, 1.82) is 0 Å². The minimum absolute atomic E-state index is 0.124. The number of benzene rings is 1. The number of rotatable bonds is 16. The highest BCUT2D eigenvalue weighted by atomic mass is 19.1. The van der Waals surface area contributed by atoms with Gasteiger partial charge in [-0.15, -0.1) is 0 Å². The zero-order chi connectivity index (χ0) is 27.3. The number of ether oxygens (including phenoxy) is 1. The van der Waals surface area contributed by atoms with E-state index in [1.807, 2.05) is 4.90 Å². The lowest BCUT2D eigenvalue weighted by Crippen LogP contribution is -2.45. The van der Waals surface area contributed by atoms with Crippen LogP contribution in [0.2, 0.25) is 0 Å². The molecule has 1 aromatic carbocycles. The molecule has 2 aromatic rings. The molecule has 1 aromatic heterocycles. The van der Waals surface area contributed by atoms with E-state index < -0.39 is 36.5 Å². The van der Waals surface area contributed by atoms with Crippen LogP contribution < -0.4 is 10.6 Å². The van der Waals surface area contributed by atoms with E-state index in [2.05, 4.69) is 22.8 Å². The molecule has 38 heavy (non-hydrogen) atoms. The predicted molar refractivity (Wildman–Crippen MR) is 141 cm³/mol. The lowest BCUT2D eigenvalue weighted by molar-refractivity contribution is -0.142. The van der Waals surface area contributed by atoms with E-state index in [1.165, 1.54) is 30.9 Å². The van der Waals surface area contributed by atoms with E-state index in [4.69, 9.17) is 9.72 Å². The number of nitrogens with zero attached hydrogens (tertiary/aromatic N) is 2. The molecule has 3 N–H and O–H groups in total. The van der Waals surface area contributed by atoms with E-state index >= 15 is 0 Å². The summed E-state index contributed by atoms with van der Waals surface area (Å²) in [6.07, 6.45) is 3.90. The van der Waals surface area contributed by atoms with Crippen LogP contribution in [0.15, 0.2) is 36.4 Å². The van der Waals surface area contributed by atoms with Gasteiger partial charge < -0.3 is 25.4 Å². The van der Waals surface area contributed by atoms with Gasteiger partial charge in [0.25, 0.3) is 0 Å². The number of carboxylic acids is 1. The third-order valence-corrected chi connectivity index (χ3v) is 6.75. The standard InChI is InChI=1S/C28H38F2N4O4/c1-38-23(18-29)19-34(15-5-4-9-22-12-11-20-8-6-14-31-27(20)32-22)16-13-25(28(36)37)33-26(35)17-21-7-2-3-10-24(21)30/h2-3,7,10-12,23,25H,4-6,8-9,13-19H2,1H3,(H,31,32)(H,33,35)(H,36,37)/t23-,25+/m1/s1. The maximum absolute atomic E-state index is 13.9. The Kier molecular flexibility index (Phi) is 11.9. The smallest absolute Gasteiger partial charge is 0.326 e. The molecule has 1 aliphatic rings. The lowest BCUT2D eigenvalue weighted by Gasteiger charge is -2.27. The number of pyridine rings is 1. The van der Waals surface area contributed by atoms with E-state index in [9.17, 15) is 23.5 Å². The van der Waals surface area contributed by atoms with Crippen molar-refractivity contribution in [2.75, 3.05) is 45.3 Å². The molecule has 208 valence electrons. The molecule has 1 amide bonds. The molecule has 0 radical (unpaired) electrons. The number of hydrogen-bond acceptors (Lipinski definition) is 6. The normalized spacial score (nSPS) is 14.4. The van der Waals surface area contributed by atoms with Crippen LogP contribution in [0.5, 0.6) is 0 Å². The first kappa shape index (κ1) is 29.4. The predicted octanol–water partition coefficient (Wildman–Crippen LogP) is 3.39. The van der Waals surface area contributed by atoms with Crippen LogP contribution in [-0.4, -0.2) is 79.0 Å². The first-order chi connectivity index (χ1) is 18.4. The van der Waals surface area contributed by atoms with Crippen LogP contribution in [0.1, 0.15) is 42.5 Å². The van der Waals surface area contributed by atoms with Gasteiger partial charge in [-0.1, -0.05) is 24.3 Å². The highest BCUT2D eigenvalue weighted by molar-refractivity contribution is 5.84. The number of aryl methyl sites for hydroxylation is 2. The quantitative estimate of drug-likeness (QED) is 0.285. The van der Waals surface area contributed by atoms with E-state index in [0.717, 1.165) is 50.2 Å². The summed E-state index contributed by atoms with van der Waals surface area (Å²) in [6.45, 7) is 1.55. The first-order valence-electron chi connectivity index (χ1n) is 13.2. The number of carboxylic acid groups (broad SMARTS) is 1. The van der Waals surface area contributed by atoms with Gasteiger partial charge in [-0.3, -0.25) is 4.79 Å². The average molecular weight is 533 g/mol. The lowest BCUT2D eigenvalue weighted by atomic mass is 10.1. The topological polar surface area (TPSA) is 104 Å². The number of aromatic nitrogens is 1. The highest BCUT2D eigenvalue weighted by Gasteiger charge is 2.23. The van der Waals surface area contributed by atoms with Crippen molar-refractivity contribution in [2.45, 2.75) is 57.1 Å². The number of carbonyl (C=O) groups is 2. The first-order valence-corrected chi connectivity index (χ1v) is 13.2. The molecule has 2 heterocycles. The molecule has 0 saturated carbocycles. The van der Waals surface area contributed by atoms with Crippen LogP contribution in [0.25, 0.3) is 0 Å². The Morgan fingerprint density at radius 1 is 1.21 bits per heavy atom. The van der Waals surface area contributed by atoms with E-state index in [1.54, 1.807) is 6.07 Å². The Bertz CT molecular complexity index is 1050. The fraction of sp³-hybridized carbons (Fsp3) is 0.536. The number of unbranched alkanes of at least 4 members (excludes halogenated alkanes) is 1. The third-order valence-electron chi connectivity index (χ3n) is 6.75. The molecular weight excluding hydrogens is 494 g/mol. The fourth-order valence-electron chi connectivity index (χ4n) is 4.55.